The van der Waals surface area contributed by atoms with Crippen molar-refractivity contribution in [2.75, 3.05) is 0 Å². The van der Waals surface area contributed by atoms with Gasteiger partial charge in [-0.25, -0.2) is 0 Å². The zero-order chi connectivity index (χ0) is 13.0. The molecule has 98 valence electrons. The molecular formula is C17H24O. The minimum absolute atomic E-state index is 0.0642. The zero-order valence-electron chi connectivity index (χ0n) is 11.6. The quantitative estimate of drug-likeness (QED) is 0.758. The summed E-state index contributed by atoms with van der Waals surface area (Å²) in [5, 5.41) is 0. The van der Waals surface area contributed by atoms with E-state index in [1.54, 1.807) is 0 Å². The SMILES string of the molecule is CCC1CCC(C(=O)C(C)c2ccccc2)CC1. The first-order valence-corrected chi connectivity index (χ1v) is 7.31. The Morgan fingerprint density at radius 1 is 1.17 bits per heavy atom. The Kier molecular flexibility index (Phi) is 4.57. The highest BCUT2D eigenvalue weighted by molar-refractivity contribution is 5.87. The average Bonchev–Trinajstić information content (AvgIpc) is 2.47. The molecule has 0 amide bonds. The van der Waals surface area contributed by atoms with Crippen LogP contribution in [0.5, 0.6) is 0 Å². The molecule has 0 bridgehead atoms. The van der Waals surface area contributed by atoms with E-state index in [1.165, 1.54) is 24.8 Å². The maximum absolute atomic E-state index is 12.5. The summed E-state index contributed by atoms with van der Waals surface area (Å²) in [5.41, 5.74) is 1.17. The minimum atomic E-state index is 0.0642. The van der Waals surface area contributed by atoms with Crippen molar-refractivity contribution < 1.29 is 4.79 Å². The minimum Gasteiger partial charge on any atom is -0.299 e. The normalized spacial score (nSPS) is 25.7. The molecule has 1 atom stereocenters. The van der Waals surface area contributed by atoms with Gasteiger partial charge in [-0.3, -0.25) is 4.79 Å². The molecule has 1 unspecified atom stereocenters. The van der Waals surface area contributed by atoms with E-state index in [9.17, 15) is 4.79 Å². The number of ketones is 1. The lowest BCUT2D eigenvalue weighted by atomic mass is 9.76. The first-order chi connectivity index (χ1) is 8.72. The van der Waals surface area contributed by atoms with E-state index in [-0.39, 0.29) is 5.92 Å². The number of carbonyl (C=O) groups is 1. The Bertz CT molecular complexity index is 374. The number of hydrogen-bond donors (Lipinski definition) is 0. The molecule has 0 heterocycles. The van der Waals surface area contributed by atoms with Gasteiger partial charge in [-0.1, -0.05) is 50.6 Å². The molecule has 2 rings (SSSR count). The molecule has 0 saturated heterocycles. The lowest BCUT2D eigenvalue weighted by molar-refractivity contribution is -0.125. The van der Waals surface area contributed by atoms with E-state index in [2.05, 4.69) is 26.0 Å². The van der Waals surface area contributed by atoms with Crippen molar-refractivity contribution in [3.05, 3.63) is 35.9 Å². The van der Waals surface area contributed by atoms with Gasteiger partial charge in [0.25, 0.3) is 0 Å². The van der Waals surface area contributed by atoms with E-state index in [4.69, 9.17) is 0 Å². The van der Waals surface area contributed by atoms with Crippen molar-refractivity contribution in [3.8, 4) is 0 Å². The van der Waals surface area contributed by atoms with Crippen LogP contribution in [0.2, 0.25) is 0 Å². The summed E-state index contributed by atoms with van der Waals surface area (Å²) in [4.78, 5) is 12.5. The van der Waals surface area contributed by atoms with Crippen LogP contribution in [0.1, 0.15) is 57.4 Å². The topological polar surface area (TPSA) is 17.1 Å². The van der Waals surface area contributed by atoms with Gasteiger partial charge in [0.1, 0.15) is 5.78 Å². The monoisotopic (exact) mass is 244 g/mol. The zero-order valence-corrected chi connectivity index (χ0v) is 11.6. The van der Waals surface area contributed by atoms with Crippen LogP contribution in [0.4, 0.5) is 0 Å². The number of Topliss-reactive ketones (excluding diaryl/α,β-unsaturated/α-hetero) is 1. The fraction of sp³-hybridized carbons (Fsp3) is 0.588. The van der Waals surface area contributed by atoms with E-state index >= 15 is 0 Å². The Labute approximate surface area is 111 Å². The van der Waals surface area contributed by atoms with Crippen molar-refractivity contribution in [1.29, 1.82) is 0 Å². The maximum Gasteiger partial charge on any atom is 0.143 e. The Balaban J connectivity index is 1.96. The van der Waals surface area contributed by atoms with Crippen LogP contribution < -0.4 is 0 Å². The average molecular weight is 244 g/mol. The van der Waals surface area contributed by atoms with E-state index in [1.807, 2.05) is 18.2 Å². The third-order valence-corrected chi connectivity index (χ3v) is 4.55. The fourth-order valence-electron chi connectivity index (χ4n) is 3.11. The molecule has 1 heteroatoms. The third kappa shape index (κ3) is 3.01. The summed E-state index contributed by atoms with van der Waals surface area (Å²) in [6.07, 6.45) is 5.97. The summed E-state index contributed by atoms with van der Waals surface area (Å²) in [6, 6.07) is 10.2. The van der Waals surface area contributed by atoms with Crippen molar-refractivity contribution in [2.24, 2.45) is 11.8 Å². The Morgan fingerprint density at radius 3 is 2.33 bits per heavy atom. The molecule has 1 aromatic carbocycles. The highest BCUT2D eigenvalue weighted by Gasteiger charge is 2.28. The molecule has 1 aliphatic carbocycles. The second-order valence-electron chi connectivity index (χ2n) is 5.66. The number of hydrogen-bond acceptors (Lipinski definition) is 1. The Hall–Kier alpha value is -1.11. The van der Waals surface area contributed by atoms with Crippen LogP contribution in [0.25, 0.3) is 0 Å². The third-order valence-electron chi connectivity index (χ3n) is 4.55. The number of carbonyl (C=O) groups excluding carboxylic acids is 1. The van der Waals surface area contributed by atoms with Gasteiger partial charge < -0.3 is 0 Å². The molecule has 0 N–H and O–H groups in total. The smallest absolute Gasteiger partial charge is 0.143 e. The molecule has 18 heavy (non-hydrogen) atoms. The van der Waals surface area contributed by atoms with Gasteiger partial charge in [-0.05, 0) is 37.2 Å². The van der Waals surface area contributed by atoms with Crippen LogP contribution in [0.15, 0.2) is 30.3 Å². The molecule has 0 radical (unpaired) electrons. The fourth-order valence-corrected chi connectivity index (χ4v) is 3.11. The van der Waals surface area contributed by atoms with Gasteiger partial charge in [-0.15, -0.1) is 0 Å². The number of rotatable bonds is 4. The molecule has 1 nitrogen and oxygen atoms in total. The largest absolute Gasteiger partial charge is 0.299 e. The second-order valence-corrected chi connectivity index (χ2v) is 5.66. The first-order valence-electron chi connectivity index (χ1n) is 7.31. The Morgan fingerprint density at radius 2 is 1.78 bits per heavy atom. The van der Waals surface area contributed by atoms with Crippen molar-refractivity contribution in [3.63, 3.8) is 0 Å². The van der Waals surface area contributed by atoms with Gasteiger partial charge in [0.15, 0.2) is 0 Å². The van der Waals surface area contributed by atoms with Crippen molar-refractivity contribution in [1.82, 2.24) is 0 Å². The van der Waals surface area contributed by atoms with Crippen LogP contribution in [-0.2, 0) is 4.79 Å². The molecule has 0 aromatic heterocycles. The van der Waals surface area contributed by atoms with Crippen molar-refractivity contribution >= 4 is 5.78 Å². The lowest BCUT2D eigenvalue weighted by Gasteiger charge is -2.28. The number of benzene rings is 1. The molecular weight excluding hydrogens is 220 g/mol. The predicted molar refractivity (Wildman–Crippen MR) is 75.6 cm³/mol. The van der Waals surface area contributed by atoms with E-state index in [0.717, 1.165) is 18.8 Å². The van der Waals surface area contributed by atoms with Gasteiger partial charge in [0.05, 0.1) is 0 Å². The molecule has 0 spiro atoms. The van der Waals surface area contributed by atoms with Crippen LogP contribution in [0, 0.1) is 11.8 Å². The summed E-state index contributed by atoms with van der Waals surface area (Å²) in [6.45, 7) is 4.32. The lowest BCUT2D eigenvalue weighted by Crippen LogP contribution is -2.25. The standard InChI is InChI=1S/C17H24O/c1-3-14-9-11-16(12-10-14)17(18)13(2)15-7-5-4-6-8-15/h4-8,13-14,16H,3,9-12H2,1-2H3. The van der Waals surface area contributed by atoms with Gasteiger partial charge in [-0.2, -0.15) is 0 Å². The predicted octanol–water partition coefficient (Wildman–Crippen LogP) is 4.58. The van der Waals surface area contributed by atoms with Crippen LogP contribution in [-0.4, -0.2) is 5.78 Å². The highest BCUT2D eigenvalue weighted by Crippen LogP contribution is 2.34. The molecule has 0 aliphatic heterocycles. The summed E-state index contributed by atoms with van der Waals surface area (Å²) in [7, 11) is 0. The second kappa shape index (κ2) is 6.17. The molecule has 1 aliphatic rings. The summed E-state index contributed by atoms with van der Waals surface area (Å²) >= 11 is 0. The maximum atomic E-state index is 12.5. The molecule has 1 fully saturated rings. The molecule has 1 aromatic rings. The van der Waals surface area contributed by atoms with Crippen molar-refractivity contribution in [2.45, 2.75) is 51.9 Å². The summed E-state index contributed by atoms with van der Waals surface area (Å²) < 4.78 is 0. The van der Waals surface area contributed by atoms with E-state index < -0.39 is 0 Å². The first kappa shape index (κ1) is 13.3. The van der Waals surface area contributed by atoms with Gasteiger partial charge in [0.2, 0.25) is 0 Å². The summed E-state index contributed by atoms with van der Waals surface area (Å²) in [5.74, 6) is 1.69. The van der Waals surface area contributed by atoms with Crippen LogP contribution in [0.3, 0.4) is 0 Å². The molecule has 1 saturated carbocycles. The van der Waals surface area contributed by atoms with E-state index in [0.29, 0.717) is 11.7 Å². The van der Waals surface area contributed by atoms with Gasteiger partial charge >= 0.3 is 0 Å². The highest BCUT2D eigenvalue weighted by atomic mass is 16.1. The van der Waals surface area contributed by atoms with Gasteiger partial charge in [0, 0.05) is 11.8 Å². The van der Waals surface area contributed by atoms with Crippen LogP contribution >= 0.6 is 0 Å².